The lowest BCUT2D eigenvalue weighted by molar-refractivity contribution is 0.0847. The number of halogens is 4. The van der Waals surface area contributed by atoms with E-state index in [1.54, 1.807) is 18.2 Å². The first-order valence-corrected chi connectivity index (χ1v) is 7.82. The van der Waals surface area contributed by atoms with E-state index in [4.69, 9.17) is 34.8 Å². The molecule has 0 aromatic heterocycles. The third-order valence-electron chi connectivity index (χ3n) is 2.64. The average molecular weight is 422 g/mol. The molecule has 0 aliphatic rings. The molecule has 0 unspecified atom stereocenters. The molecule has 2 N–H and O–H groups in total. The topological polar surface area (TPSA) is 58.2 Å². The molecule has 0 saturated carbocycles. The molecule has 0 fully saturated rings. The number of hydrogen-bond donors (Lipinski definition) is 2. The van der Waals surface area contributed by atoms with E-state index in [9.17, 15) is 9.59 Å². The van der Waals surface area contributed by atoms with Gasteiger partial charge in [-0.05, 0) is 36.4 Å². The van der Waals surface area contributed by atoms with Crippen molar-refractivity contribution in [2.45, 2.75) is 0 Å². The van der Waals surface area contributed by atoms with E-state index in [1.165, 1.54) is 18.2 Å². The van der Waals surface area contributed by atoms with Gasteiger partial charge in [-0.25, -0.2) is 0 Å². The second-order valence-electron chi connectivity index (χ2n) is 4.16. The van der Waals surface area contributed by atoms with Gasteiger partial charge in [0.2, 0.25) is 0 Å². The number of carbonyl (C=O) groups excluding carboxylic acids is 2. The molecule has 0 atom stereocenters. The highest BCUT2D eigenvalue weighted by Crippen LogP contribution is 2.21. The molecule has 0 aliphatic heterocycles. The Morgan fingerprint density at radius 1 is 0.818 bits per heavy atom. The standard InChI is InChI=1S/C14H8BrCl3N2O2/c15-7-1-3-11(17)9(5-7)13(21)19-20-14(22)10-6-8(16)2-4-12(10)18/h1-6H,(H,19,21)(H,20,22). The van der Waals surface area contributed by atoms with E-state index in [0.717, 1.165) is 0 Å². The van der Waals surface area contributed by atoms with Crippen molar-refractivity contribution in [1.29, 1.82) is 0 Å². The Bertz CT molecular complexity index is 689. The average Bonchev–Trinajstić information content (AvgIpc) is 2.49. The van der Waals surface area contributed by atoms with Gasteiger partial charge < -0.3 is 0 Å². The van der Waals surface area contributed by atoms with E-state index in [0.29, 0.717) is 9.50 Å². The number of amides is 2. The molecule has 2 aromatic rings. The SMILES string of the molecule is O=C(NNC(=O)c1cc(Br)ccc1Cl)c1cc(Cl)ccc1Cl. The fraction of sp³-hybridized carbons (Fsp3) is 0. The van der Waals surface area contributed by atoms with Crippen LogP contribution < -0.4 is 10.9 Å². The molecule has 0 heterocycles. The molecule has 2 aromatic carbocycles. The summed E-state index contributed by atoms with van der Waals surface area (Å²) in [7, 11) is 0. The van der Waals surface area contributed by atoms with E-state index >= 15 is 0 Å². The van der Waals surface area contributed by atoms with Crippen molar-refractivity contribution in [3.05, 3.63) is 67.1 Å². The number of nitrogens with one attached hydrogen (secondary N) is 2. The summed E-state index contributed by atoms with van der Waals surface area (Å²) in [5.74, 6) is -1.15. The van der Waals surface area contributed by atoms with Crippen LogP contribution in [-0.4, -0.2) is 11.8 Å². The molecule has 0 aliphatic carbocycles. The normalized spacial score (nSPS) is 10.2. The fourth-order valence-electron chi connectivity index (χ4n) is 1.59. The van der Waals surface area contributed by atoms with Crippen LogP contribution in [0, 0.1) is 0 Å². The number of hydrogen-bond acceptors (Lipinski definition) is 2. The first kappa shape index (κ1) is 17.1. The van der Waals surface area contributed by atoms with E-state index in [1.807, 2.05) is 0 Å². The number of carbonyl (C=O) groups is 2. The summed E-state index contributed by atoms with van der Waals surface area (Å²) < 4.78 is 0.686. The Labute approximate surface area is 149 Å². The van der Waals surface area contributed by atoms with Gasteiger partial charge >= 0.3 is 0 Å². The molecule has 2 rings (SSSR count). The van der Waals surface area contributed by atoms with Crippen LogP contribution >= 0.6 is 50.7 Å². The van der Waals surface area contributed by atoms with Crippen molar-refractivity contribution in [2.75, 3.05) is 0 Å². The summed E-state index contributed by atoms with van der Waals surface area (Å²) in [4.78, 5) is 24.0. The van der Waals surface area contributed by atoms with Gasteiger partial charge in [0.25, 0.3) is 11.8 Å². The third-order valence-corrected chi connectivity index (χ3v) is 4.02. The first-order chi connectivity index (χ1) is 10.4. The minimum absolute atomic E-state index is 0.148. The molecule has 2 amide bonds. The Morgan fingerprint density at radius 2 is 1.32 bits per heavy atom. The molecule has 0 spiro atoms. The molecule has 0 bridgehead atoms. The number of hydrazine groups is 1. The van der Waals surface area contributed by atoms with Gasteiger partial charge in [-0.3, -0.25) is 20.4 Å². The van der Waals surface area contributed by atoms with Gasteiger partial charge in [0.1, 0.15) is 0 Å². The number of rotatable bonds is 2. The Morgan fingerprint density at radius 3 is 1.91 bits per heavy atom. The van der Waals surface area contributed by atoms with Crippen molar-refractivity contribution in [1.82, 2.24) is 10.9 Å². The molecular formula is C14H8BrCl3N2O2. The lowest BCUT2D eigenvalue weighted by atomic mass is 10.2. The second-order valence-corrected chi connectivity index (χ2v) is 6.32. The number of benzene rings is 2. The van der Waals surface area contributed by atoms with Crippen LogP contribution in [0.4, 0.5) is 0 Å². The first-order valence-electron chi connectivity index (χ1n) is 5.89. The zero-order valence-electron chi connectivity index (χ0n) is 10.8. The molecule has 8 heteroatoms. The lowest BCUT2D eigenvalue weighted by Gasteiger charge is -2.10. The zero-order chi connectivity index (χ0) is 16.3. The maximum absolute atomic E-state index is 12.0. The summed E-state index contributed by atoms with van der Waals surface area (Å²) in [5.41, 5.74) is 4.89. The zero-order valence-corrected chi connectivity index (χ0v) is 14.6. The maximum Gasteiger partial charge on any atom is 0.271 e. The Balaban J connectivity index is 2.09. The summed E-state index contributed by atoms with van der Waals surface area (Å²) in [6.07, 6.45) is 0. The van der Waals surface area contributed by atoms with Crippen LogP contribution in [-0.2, 0) is 0 Å². The minimum atomic E-state index is -0.591. The van der Waals surface area contributed by atoms with Crippen LogP contribution in [0.1, 0.15) is 20.7 Å². The van der Waals surface area contributed by atoms with Crippen LogP contribution in [0.15, 0.2) is 40.9 Å². The van der Waals surface area contributed by atoms with Crippen LogP contribution in [0.5, 0.6) is 0 Å². The predicted molar refractivity (Wildman–Crippen MR) is 90.5 cm³/mol. The van der Waals surface area contributed by atoms with Crippen molar-refractivity contribution in [3.8, 4) is 0 Å². The van der Waals surface area contributed by atoms with E-state index in [-0.39, 0.29) is 21.2 Å². The van der Waals surface area contributed by atoms with Gasteiger partial charge in [-0.1, -0.05) is 50.7 Å². The summed E-state index contributed by atoms with van der Waals surface area (Å²) in [6, 6.07) is 9.25. The second kappa shape index (κ2) is 7.33. The third kappa shape index (κ3) is 4.14. The summed E-state index contributed by atoms with van der Waals surface area (Å²) in [5, 5.41) is 0.836. The quantitative estimate of drug-likeness (QED) is 0.701. The van der Waals surface area contributed by atoms with E-state index < -0.39 is 11.8 Å². The lowest BCUT2D eigenvalue weighted by Crippen LogP contribution is -2.41. The monoisotopic (exact) mass is 420 g/mol. The van der Waals surface area contributed by atoms with E-state index in [2.05, 4.69) is 26.8 Å². The van der Waals surface area contributed by atoms with Crippen molar-refractivity contribution in [2.24, 2.45) is 0 Å². The van der Waals surface area contributed by atoms with Crippen LogP contribution in [0.3, 0.4) is 0 Å². The summed E-state index contributed by atoms with van der Waals surface area (Å²) in [6.45, 7) is 0. The Hall–Kier alpha value is -1.27. The minimum Gasteiger partial charge on any atom is -0.267 e. The van der Waals surface area contributed by atoms with Gasteiger partial charge in [0.15, 0.2) is 0 Å². The maximum atomic E-state index is 12.0. The summed E-state index contributed by atoms with van der Waals surface area (Å²) >= 11 is 20.9. The highest BCUT2D eigenvalue weighted by molar-refractivity contribution is 9.10. The molecule has 0 saturated heterocycles. The van der Waals surface area contributed by atoms with Crippen molar-refractivity contribution in [3.63, 3.8) is 0 Å². The van der Waals surface area contributed by atoms with Crippen molar-refractivity contribution >= 4 is 62.5 Å². The predicted octanol–water partition coefficient (Wildman–Crippen LogP) is 4.48. The van der Waals surface area contributed by atoms with Gasteiger partial charge in [-0.2, -0.15) is 0 Å². The molecular weight excluding hydrogens is 414 g/mol. The smallest absolute Gasteiger partial charge is 0.267 e. The molecule has 22 heavy (non-hydrogen) atoms. The van der Waals surface area contributed by atoms with Crippen LogP contribution in [0.25, 0.3) is 0 Å². The van der Waals surface area contributed by atoms with Gasteiger partial charge in [0.05, 0.1) is 21.2 Å². The van der Waals surface area contributed by atoms with Gasteiger partial charge in [0, 0.05) is 9.50 Å². The van der Waals surface area contributed by atoms with Crippen LogP contribution in [0.2, 0.25) is 15.1 Å². The molecule has 114 valence electrons. The van der Waals surface area contributed by atoms with Crippen molar-refractivity contribution < 1.29 is 9.59 Å². The molecule has 4 nitrogen and oxygen atoms in total. The molecule has 0 radical (unpaired) electrons. The highest BCUT2D eigenvalue weighted by atomic mass is 79.9. The van der Waals surface area contributed by atoms with Gasteiger partial charge in [-0.15, -0.1) is 0 Å². The highest BCUT2D eigenvalue weighted by Gasteiger charge is 2.14. The fourth-order valence-corrected chi connectivity index (χ4v) is 2.53. The Kier molecular flexibility index (Phi) is 5.69. The largest absolute Gasteiger partial charge is 0.271 e.